The van der Waals surface area contributed by atoms with Gasteiger partial charge in [-0.3, -0.25) is 14.0 Å². The lowest BCUT2D eigenvalue weighted by Crippen LogP contribution is -2.12. The summed E-state index contributed by atoms with van der Waals surface area (Å²) < 4.78 is 5.62. The molecule has 1 unspecified atom stereocenters. The molecule has 1 aromatic carbocycles. The highest BCUT2D eigenvalue weighted by Crippen LogP contribution is 2.43. The van der Waals surface area contributed by atoms with Crippen LogP contribution in [-0.4, -0.2) is 39.3 Å². The van der Waals surface area contributed by atoms with Crippen molar-refractivity contribution in [3.8, 4) is 33.6 Å². The van der Waals surface area contributed by atoms with Gasteiger partial charge in [0.1, 0.15) is 5.82 Å². The maximum atomic E-state index is 5.05. The molecule has 1 atom stereocenters. The summed E-state index contributed by atoms with van der Waals surface area (Å²) in [5, 5.41) is 13.7. The quantitative estimate of drug-likeness (QED) is 0.415. The molecule has 0 aliphatic heterocycles. The van der Waals surface area contributed by atoms with Crippen LogP contribution in [0.25, 0.3) is 33.6 Å². The van der Waals surface area contributed by atoms with Crippen molar-refractivity contribution >= 4 is 0 Å². The van der Waals surface area contributed by atoms with E-state index >= 15 is 0 Å². The highest BCUT2D eigenvalue weighted by atomic mass is 15.3. The Labute approximate surface area is 197 Å². The molecule has 4 aromatic heterocycles. The van der Waals surface area contributed by atoms with Gasteiger partial charge in [0.2, 0.25) is 0 Å². The zero-order valence-corrected chi connectivity index (χ0v) is 19.8. The Balaban J connectivity index is 1.43. The van der Waals surface area contributed by atoms with Crippen molar-refractivity contribution in [3.63, 3.8) is 0 Å². The van der Waals surface area contributed by atoms with Crippen LogP contribution in [0.2, 0.25) is 0 Å². The van der Waals surface area contributed by atoms with Crippen LogP contribution >= 0.6 is 0 Å². The second-order valence-electron chi connectivity index (χ2n) is 9.13. The molecule has 4 heterocycles. The number of hydrogen-bond acceptors (Lipinski definition) is 5. The minimum absolute atomic E-state index is 0.321. The summed E-state index contributed by atoms with van der Waals surface area (Å²) in [7, 11) is 5.87. The van der Waals surface area contributed by atoms with E-state index < -0.39 is 0 Å². The van der Waals surface area contributed by atoms with Crippen molar-refractivity contribution in [2.24, 2.45) is 21.1 Å². The molecule has 170 valence electrons. The summed E-state index contributed by atoms with van der Waals surface area (Å²) >= 11 is 0. The van der Waals surface area contributed by atoms with Crippen LogP contribution in [0.15, 0.2) is 55.1 Å². The van der Waals surface area contributed by atoms with Crippen molar-refractivity contribution < 1.29 is 0 Å². The van der Waals surface area contributed by atoms with E-state index in [9.17, 15) is 0 Å². The van der Waals surface area contributed by atoms with Crippen LogP contribution < -0.4 is 0 Å². The lowest BCUT2D eigenvalue weighted by atomic mass is 9.84. The van der Waals surface area contributed by atoms with Gasteiger partial charge in [0.25, 0.3) is 0 Å². The molecule has 1 aliphatic carbocycles. The first-order valence-corrected chi connectivity index (χ1v) is 11.5. The normalized spacial score (nSPS) is 14.8. The van der Waals surface area contributed by atoms with Gasteiger partial charge in [-0.2, -0.15) is 15.3 Å². The Kier molecular flexibility index (Phi) is 4.69. The highest BCUT2D eigenvalue weighted by Gasteiger charge is 2.30. The second-order valence-corrected chi connectivity index (χ2v) is 9.13. The van der Waals surface area contributed by atoms with Gasteiger partial charge in [0.05, 0.1) is 35.4 Å². The number of benzene rings is 1. The van der Waals surface area contributed by atoms with Crippen molar-refractivity contribution in [1.29, 1.82) is 0 Å². The zero-order chi connectivity index (χ0) is 23.4. The first-order chi connectivity index (χ1) is 16.5. The van der Waals surface area contributed by atoms with Gasteiger partial charge in [-0.05, 0) is 24.0 Å². The molecule has 0 spiro atoms. The number of aryl methyl sites for hydroxylation is 3. The molecule has 34 heavy (non-hydrogen) atoms. The van der Waals surface area contributed by atoms with Gasteiger partial charge in [-0.15, -0.1) is 0 Å². The minimum Gasteiger partial charge on any atom is -0.276 e. The number of nitrogens with zero attached hydrogens (tertiary/aromatic N) is 8. The SMILES string of the molecule is CC1Cc2nn(C)c(-c3ccc(-c4cnn(C)c4)cc3)c2-c2nc(Cc3ccn(C)n3)ncc21. The topological polar surface area (TPSA) is 79.2 Å². The molecule has 6 rings (SSSR count). The van der Waals surface area contributed by atoms with E-state index in [2.05, 4.69) is 46.4 Å². The predicted molar refractivity (Wildman–Crippen MR) is 130 cm³/mol. The lowest BCUT2D eigenvalue weighted by Gasteiger charge is -2.22. The van der Waals surface area contributed by atoms with Crippen molar-refractivity contribution in [1.82, 2.24) is 39.3 Å². The molecule has 0 radical (unpaired) electrons. The van der Waals surface area contributed by atoms with E-state index in [1.807, 2.05) is 66.0 Å². The zero-order valence-electron chi connectivity index (χ0n) is 19.8. The number of hydrogen-bond donors (Lipinski definition) is 0. The van der Waals surface area contributed by atoms with Gasteiger partial charge in [-0.25, -0.2) is 9.97 Å². The Hall–Kier alpha value is -4.07. The molecule has 0 saturated carbocycles. The third kappa shape index (κ3) is 3.42. The fourth-order valence-electron chi connectivity index (χ4n) is 4.89. The second kappa shape index (κ2) is 7.76. The van der Waals surface area contributed by atoms with Gasteiger partial charge in [0.15, 0.2) is 0 Å². The molecule has 0 fully saturated rings. The Morgan fingerprint density at radius 3 is 2.41 bits per heavy atom. The Morgan fingerprint density at radius 1 is 0.912 bits per heavy atom. The summed E-state index contributed by atoms with van der Waals surface area (Å²) in [5.74, 6) is 1.10. The van der Waals surface area contributed by atoms with Crippen LogP contribution in [0.5, 0.6) is 0 Å². The van der Waals surface area contributed by atoms with Crippen molar-refractivity contribution in [2.75, 3.05) is 0 Å². The van der Waals surface area contributed by atoms with Crippen molar-refractivity contribution in [3.05, 3.63) is 77.9 Å². The van der Waals surface area contributed by atoms with E-state index in [4.69, 9.17) is 10.1 Å². The smallest absolute Gasteiger partial charge is 0.134 e. The van der Waals surface area contributed by atoms with E-state index in [1.165, 1.54) is 5.56 Å². The maximum Gasteiger partial charge on any atom is 0.134 e. The van der Waals surface area contributed by atoms with E-state index in [0.29, 0.717) is 12.3 Å². The molecule has 0 saturated heterocycles. The average molecular weight is 451 g/mol. The lowest BCUT2D eigenvalue weighted by molar-refractivity contribution is 0.685. The number of fused-ring (bicyclic) bond motifs is 3. The molecule has 5 aromatic rings. The molecule has 0 bridgehead atoms. The number of rotatable bonds is 4. The summed E-state index contributed by atoms with van der Waals surface area (Å²) in [6, 6.07) is 10.6. The van der Waals surface area contributed by atoms with E-state index in [-0.39, 0.29) is 0 Å². The average Bonchev–Trinajstić information content (AvgIpc) is 3.52. The first kappa shape index (κ1) is 20.5. The predicted octanol–water partition coefficient (Wildman–Crippen LogP) is 3.93. The molecular formula is C26H26N8. The van der Waals surface area contributed by atoms with Crippen LogP contribution in [0, 0.1) is 0 Å². The Bertz CT molecular complexity index is 1500. The summed E-state index contributed by atoms with van der Waals surface area (Å²) in [4.78, 5) is 9.73. The third-order valence-electron chi connectivity index (χ3n) is 6.56. The number of aromatic nitrogens is 8. The van der Waals surface area contributed by atoms with Gasteiger partial charge in [-0.1, -0.05) is 31.2 Å². The molecule has 8 nitrogen and oxygen atoms in total. The molecular weight excluding hydrogens is 424 g/mol. The van der Waals surface area contributed by atoms with E-state index in [1.54, 1.807) is 0 Å². The third-order valence-corrected chi connectivity index (χ3v) is 6.56. The molecule has 0 N–H and O–H groups in total. The van der Waals surface area contributed by atoms with Gasteiger partial charge in [0, 0.05) is 62.0 Å². The fraction of sp³-hybridized carbons (Fsp3) is 0.269. The molecule has 0 amide bonds. The van der Waals surface area contributed by atoms with Crippen LogP contribution in [0.4, 0.5) is 0 Å². The summed E-state index contributed by atoms with van der Waals surface area (Å²) in [6.45, 7) is 2.22. The Morgan fingerprint density at radius 2 is 1.71 bits per heavy atom. The highest BCUT2D eigenvalue weighted by molar-refractivity contribution is 5.85. The maximum absolute atomic E-state index is 5.05. The van der Waals surface area contributed by atoms with Crippen molar-refractivity contribution in [2.45, 2.75) is 25.7 Å². The van der Waals surface area contributed by atoms with Crippen LogP contribution in [0.3, 0.4) is 0 Å². The largest absolute Gasteiger partial charge is 0.276 e. The monoisotopic (exact) mass is 450 g/mol. The first-order valence-electron chi connectivity index (χ1n) is 11.5. The summed E-state index contributed by atoms with van der Waals surface area (Å²) in [6.07, 6.45) is 9.34. The van der Waals surface area contributed by atoms with Gasteiger partial charge < -0.3 is 0 Å². The molecule has 1 aliphatic rings. The van der Waals surface area contributed by atoms with Crippen LogP contribution in [0.1, 0.15) is 35.6 Å². The molecule has 8 heteroatoms. The summed E-state index contributed by atoms with van der Waals surface area (Å²) in [5.41, 5.74) is 9.80. The van der Waals surface area contributed by atoms with E-state index in [0.717, 1.165) is 57.3 Å². The van der Waals surface area contributed by atoms with Gasteiger partial charge >= 0.3 is 0 Å². The fourth-order valence-corrected chi connectivity index (χ4v) is 4.89. The van der Waals surface area contributed by atoms with Crippen LogP contribution in [-0.2, 0) is 34.0 Å². The standard InChI is InChI=1S/C26H26N8/c1-16-11-22-24(25-21(16)14-27-23(29-25)12-20-9-10-32(2)30-20)26(34(4)31-22)18-7-5-17(6-8-18)19-13-28-33(3)15-19/h5-10,13-16H,11-12H2,1-4H3. The minimum atomic E-state index is 0.321.